The lowest BCUT2D eigenvalue weighted by Crippen LogP contribution is -2.62. The number of carbonyl (C=O) groups excluding carboxylic acids is 4. The van der Waals surface area contributed by atoms with Gasteiger partial charge in [-0.1, -0.05) is 103 Å². The van der Waals surface area contributed by atoms with Gasteiger partial charge in [0.25, 0.3) is 0 Å². The van der Waals surface area contributed by atoms with Crippen molar-refractivity contribution in [3.8, 4) is 0 Å². The summed E-state index contributed by atoms with van der Waals surface area (Å²) in [7, 11) is 0. The summed E-state index contributed by atoms with van der Waals surface area (Å²) in [6.07, 6.45) is -6.79. The SMILES string of the molecule is CC(=O)OCC1OC(CC(=S)Nc2cccc(C3OC(CN4CCC(O)(c5ccc(Cl)cc5)CC4)C(c4ccccc4)C(c4ccc(CO)cc4)O3)c2)C(OC(C)=O)C(OC(C)=O)C1OC(C)=O. The van der Waals surface area contributed by atoms with Crippen LogP contribution in [0, 0.1) is 0 Å². The maximum Gasteiger partial charge on any atom is 0.303 e. The second-order valence-corrected chi connectivity index (χ2v) is 18.3. The lowest BCUT2D eigenvalue weighted by Gasteiger charge is -2.46. The molecule has 9 atom stereocenters. The predicted molar refractivity (Wildman–Crippen MR) is 253 cm³/mol. The van der Waals surface area contributed by atoms with Crippen LogP contribution < -0.4 is 5.32 Å². The first-order chi connectivity index (χ1) is 32.6. The Labute approximate surface area is 405 Å². The lowest BCUT2D eigenvalue weighted by atomic mass is 9.81. The summed E-state index contributed by atoms with van der Waals surface area (Å²) in [5, 5.41) is 25.5. The van der Waals surface area contributed by atoms with Gasteiger partial charge in [0.05, 0.1) is 29.4 Å². The van der Waals surface area contributed by atoms with Crippen LogP contribution in [0.5, 0.6) is 0 Å². The minimum absolute atomic E-state index is 0.0647. The molecule has 3 fully saturated rings. The number of aliphatic hydroxyl groups excluding tert-OH is 1. The number of carbonyl (C=O) groups is 4. The molecule has 0 aliphatic carbocycles. The second-order valence-electron chi connectivity index (χ2n) is 17.4. The summed E-state index contributed by atoms with van der Waals surface area (Å²) in [5.74, 6) is -3.05. The van der Waals surface area contributed by atoms with Crippen molar-refractivity contribution in [1.82, 2.24) is 4.90 Å². The van der Waals surface area contributed by atoms with Crippen molar-refractivity contribution in [2.45, 2.75) is 114 Å². The first-order valence-corrected chi connectivity index (χ1v) is 23.3. The van der Waals surface area contributed by atoms with Crippen molar-refractivity contribution in [2.75, 3.05) is 31.6 Å². The van der Waals surface area contributed by atoms with Crippen LogP contribution in [0.3, 0.4) is 0 Å². The van der Waals surface area contributed by atoms with Crippen molar-refractivity contribution in [1.29, 1.82) is 0 Å². The Morgan fingerprint density at radius 2 is 1.34 bits per heavy atom. The van der Waals surface area contributed by atoms with Crippen molar-refractivity contribution in [2.24, 2.45) is 0 Å². The highest BCUT2D eigenvalue weighted by Gasteiger charge is 2.52. The number of benzene rings is 4. The van der Waals surface area contributed by atoms with E-state index in [1.807, 2.05) is 78.9 Å². The molecule has 15 nitrogen and oxygen atoms in total. The number of nitrogens with zero attached hydrogens (tertiary/aromatic N) is 1. The van der Waals surface area contributed by atoms with E-state index in [4.69, 9.17) is 57.0 Å². The first kappa shape index (κ1) is 50.6. The molecule has 9 unspecified atom stereocenters. The molecule has 4 aromatic rings. The minimum Gasteiger partial charge on any atom is -0.463 e. The van der Waals surface area contributed by atoms with E-state index in [-0.39, 0.29) is 36.6 Å². The average molecular weight is 974 g/mol. The highest BCUT2D eigenvalue weighted by Crippen LogP contribution is 2.48. The van der Waals surface area contributed by atoms with Crippen LogP contribution in [0.2, 0.25) is 5.02 Å². The number of rotatable bonds is 15. The first-order valence-electron chi connectivity index (χ1n) is 22.6. The Bertz CT molecular complexity index is 2380. The Hall–Kier alpha value is -5.30. The molecule has 17 heteroatoms. The third kappa shape index (κ3) is 12.9. The van der Waals surface area contributed by atoms with Crippen molar-refractivity contribution in [3.63, 3.8) is 0 Å². The zero-order valence-corrected chi connectivity index (χ0v) is 39.9. The van der Waals surface area contributed by atoms with E-state index >= 15 is 0 Å². The van der Waals surface area contributed by atoms with Gasteiger partial charge in [-0.2, -0.15) is 0 Å². The zero-order valence-electron chi connectivity index (χ0n) is 38.3. The van der Waals surface area contributed by atoms with Crippen LogP contribution in [-0.4, -0.2) is 107 Å². The molecular formula is C51H57ClN2O13S. The Kier molecular flexibility index (Phi) is 17.0. The van der Waals surface area contributed by atoms with E-state index in [2.05, 4.69) is 22.3 Å². The molecular weight excluding hydrogens is 916 g/mol. The molecule has 0 spiro atoms. The van der Waals surface area contributed by atoms with E-state index < -0.39 is 72.4 Å². The highest BCUT2D eigenvalue weighted by atomic mass is 35.5. The van der Waals surface area contributed by atoms with Gasteiger partial charge in [-0.3, -0.25) is 19.2 Å². The molecule has 0 saturated carbocycles. The number of thiocarbonyl (C=S) groups is 1. The molecule has 7 rings (SSSR count). The molecule has 0 amide bonds. The Balaban J connectivity index is 1.15. The fourth-order valence-corrected chi connectivity index (χ4v) is 9.62. The smallest absolute Gasteiger partial charge is 0.303 e. The molecule has 4 aromatic carbocycles. The molecule has 3 N–H and O–H groups in total. The van der Waals surface area contributed by atoms with E-state index in [9.17, 15) is 29.4 Å². The number of likely N-dealkylation sites (tertiary alicyclic amines) is 1. The van der Waals surface area contributed by atoms with Gasteiger partial charge in [-0.05, 0) is 59.4 Å². The van der Waals surface area contributed by atoms with Crippen molar-refractivity contribution >= 4 is 58.4 Å². The predicted octanol–water partition coefficient (Wildman–Crippen LogP) is 7.01. The number of nitrogens with one attached hydrogen (secondary N) is 1. The summed E-state index contributed by atoms with van der Waals surface area (Å²) in [5.41, 5.74) is 3.82. The topological polar surface area (TPSA) is 189 Å². The highest BCUT2D eigenvalue weighted by molar-refractivity contribution is 7.80. The molecule has 3 saturated heterocycles. The molecule has 3 aliphatic heterocycles. The van der Waals surface area contributed by atoms with Crippen molar-refractivity contribution < 1.29 is 62.5 Å². The van der Waals surface area contributed by atoms with Gasteiger partial charge < -0.3 is 53.6 Å². The number of hydrogen-bond acceptors (Lipinski definition) is 15. The maximum absolute atomic E-state index is 12.5. The molecule has 362 valence electrons. The summed E-state index contributed by atoms with van der Waals surface area (Å²) in [4.78, 5) is 51.5. The fraction of sp³-hybridized carbons (Fsp3) is 0.431. The average Bonchev–Trinajstić information content (AvgIpc) is 3.31. The van der Waals surface area contributed by atoms with Gasteiger partial charge in [0.2, 0.25) is 0 Å². The number of ether oxygens (including phenoxy) is 7. The van der Waals surface area contributed by atoms with Crippen molar-refractivity contribution in [3.05, 3.63) is 136 Å². The van der Waals surface area contributed by atoms with Gasteiger partial charge >= 0.3 is 23.9 Å². The number of anilines is 1. The van der Waals surface area contributed by atoms with Gasteiger partial charge in [0, 0.05) is 75.9 Å². The van der Waals surface area contributed by atoms with Gasteiger partial charge in [0.1, 0.15) is 18.8 Å². The number of aliphatic hydroxyl groups is 2. The van der Waals surface area contributed by atoms with Crippen LogP contribution in [0.25, 0.3) is 0 Å². The monoisotopic (exact) mass is 972 g/mol. The standard InChI is InChI=1S/C51H57ClN2O13S/c1-30(56)61-29-43-48(63-32(3)58)49(64-33(4)59)47(62-31(2)57)41(65-43)26-44(68)53-40-12-8-11-37(25-40)50-66-42(27-54-23-21-51(60,22-24-54)38-17-19-39(52)20-18-38)45(35-9-6-5-7-10-35)46(67-50)36-15-13-34(28-55)14-16-36/h5-20,25,41-43,45-50,55,60H,21-24,26-29H2,1-4H3,(H,53,68). The summed E-state index contributed by atoms with van der Waals surface area (Å²) >= 11 is 12.0. The normalized spacial score (nSPS) is 25.9. The maximum atomic E-state index is 12.5. The molecule has 0 bridgehead atoms. The Morgan fingerprint density at radius 1 is 0.721 bits per heavy atom. The van der Waals surface area contributed by atoms with Crippen LogP contribution >= 0.6 is 23.8 Å². The third-order valence-electron chi connectivity index (χ3n) is 12.4. The molecule has 0 aromatic heterocycles. The van der Waals surface area contributed by atoms with Crippen LogP contribution in [0.15, 0.2) is 103 Å². The van der Waals surface area contributed by atoms with E-state index in [1.165, 1.54) is 13.8 Å². The second kappa shape index (κ2) is 22.9. The van der Waals surface area contributed by atoms with Gasteiger partial charge in [0.15, 0.2) is 24.6 Å². The molecule has 3 aliphatic rings. The lowest BCUT2D eigenvalue weighted by molar-refractivity contribution is -0.264. The summed E-state index contributed by atoms with van der Waals surface area (Å²) in [6.45, 7) is 6.04. The van der Waals surface area contributed by atoms with Crippen LogP contribution in [0.4, 0.5) is 5.69 Å². The Morgan fingerprint density at radius 3 is 1.96 bits per heavy atom. The zero-order chi connectivity index (χ0) is 48.5. The number of hydrogen-bond donors (Lipinski definition) is 3. The fourth-order valence-electron chi connectivity index (χ4n) is 9.21. The largest absolute Gasteiger partial charge is 0.463 e. The van der Waals surface area contributed by atoms with Crippen LogP contribution in [-0.2, 0) is 64.5 Å². The molecule has 0 radical (unpaired) electrons. The molecule has 3 heterocycles. The summed E-state index contributed by atoms with van der Waals surface area (Å²) < 4.78 is 42.3. The van der Waals surface area contributed by atoms with E-state index in [0.717, 1.165) is 36.1 Å². The minimum atomic E-state index is -1.33. The number of esters is 4. The van der Waals surface area contributed by atoms with E-state index in [0.29, 0.717) is 48.7 Å². The molecule has 68 heavy (non-hydrogen) atoms. The third-order valence-corrected chi connectivity index (χ3v) is 12.9. The number of halogens is 1. The van der Waals surface area contributed by atoms with Gasteiger partial charge in [-0.15, -0.1) is 0 Å². The quantitative estimate of drug-likeness (QED) is 0.0626. The summed E-state index contributed by atoms with van der Waals surface area (Å²) in [6, 6.07) is 32.6. The van der Waals surface area contributed by atoms with Gasteiger partial charge in [-0.25, -0.2) is 0 Å². The van der Waals surface area contributed by atoms with E-state index in [1.54, 1.807) is 12.1 Å². The number of piperidine rings is 1. The van der Waals surface area contributed by atoms with Crippen LogP contribution in [0.1, 0.15) is 93.1 Å².